The van der Waals surface area contributed by atoms with Crippen LogP contribution in [-0.4, -0.2) is 24.5 Å². The van der Waals surface area contributed by atoms with E-state index in [4.69, 9.17) is 5.11 Å². The number of carboxylic acids is 1. The third-order valence-electron chi connectivity index (χ3n) is 2.69. The molecule has 0 aliphatic rings. The van der Waals surface area contributed by atoms with Crippen LogP contribution < -0.4 is 4.72 Å². The van der Waals surface area contributed by atoms with Gasteiger partial charge in [-0.25, -0.2) is 17.9 Å². The maximum Gasteiger partial charge on any atom is 0.345 e. The third kappa shape index (κ3) is 3.67. The number of carboxylic acid groups (broad SMARTS) is 1. The highest BCUT2D eigenvalue weighted by atomic mass is 79.9. The third-order valence-corrected chi connectivity index (χ3v) is 6.47. The summed E-state index contributed by atoms with van der Waals surface area (Å²) in [6, 6.07) is 4.09. The van der Waals surface area contributed by atoms with E-state index in [0.717, 1.165) is 23.0 Å². The Morgan fingerprint density at radius 2 is 2.05 bits per heavy atom. The van der Waals surface area contributed by atoms with Gasteiger partial charge in [0, 0.05) is 18.4 Å². The molecule has 0 aliphatic heterocycles. The second-order valence-corrected chi connectivity index (χ2v) is 8.23. The Bertz CT molecular complexity index is 759. The first-order valence-electron chi connectivity index (χ1n) is 5.76. The molecule has 6 nitrogen and oxygen atoms in total. The molecule has 0 radical (unpaired) electrons. The fraction of sp³-hybridized carbons (Fsp3) is 0.167. The van der Waals surface area contributed by atoms with Crippen LogP contribution >= 0.6 is 27.3 Å². The fourth-order valence-electron chi connectivity index (χ4n) is 1.66. The zero-order valence-corrected chi connectivity index (χ0v) is 14.0. The monoisotopic (exact) mass is 390 g/mol. The molecule has 0 bridgehead atoms. The van der Waals surface area contributed by atoms with E-state index >= 15 is 0 Å². The SMILES string of the molecule is CC(NS(=O)(=O)c1cc(C(=O)O)sc1Br)c1ccncc1. The number of hydrogen-bond donors (Lipinski definition) is 2. The average molecular weight is 391 g/mol. The summed E-state index contributed by atoms with van der Waals surface area (Å²) in [5.74, 6) is -1.16. The van der Waals surface area contributed by atoms with Crippen molar-refractivity contribution in [1.29, 1.82) is 0 Å². The summed E-state index contributed by atoms with van der Waals surface area (Å²) in [6.45, 7) is 1.70. The van der Waals surface area contributed by atoms with Crippen molar-refractivity contribution in [3.63, 3.8) is 0 Å². The Morgan fingerprint density at radius 1 is 1.43 bits per heavy atom. The van der Waals surface area contributed by atoms with Crippen molar-refractivity contribution < 1.29 is 18.3 Å². The van der Waals surface area contributed by atoms with Crippen LogP contribution in [0.2, 0.25) is 0 Å². The molecular formula is C12H11BrN2O4S2. The minimum absolute atomic E-state index is 0.0428. The standard InChI is InChI=1S/C12H11BrN2O4S2/c1-7(8-2-4-14-5-3-8)15-21(18,19)10-6-9(12(16)17)20-11(10)13/h2-7,15H,1H3,(H,16,17). The minimum Gasteiger partial charge on any atom is -0.477 e. The smallest absolute Gasteiger partial charge is 0.345 e. The van der Waals surface area contributed by atoms with Gasteiger partial charge in [-0.1, -0.05) is 0 Å². The molecule has 21 heavy (non-hydrogen) atoms. The number of halogens is 1. The van der Waals surface area contributed by atoms with Crippen molar-refractivity contribution in [2.45, 2.75) is 17.9 Å². The van der Waals surface area contributed by atoms with Gasteiger partial charge in [-0.05, 0) is 46.6 Å². The molecule has 0 saturated carbocycles. The Labute approximate surface area is 134 Å². The van der Waals surface area contributed by atoms with E-state index < -0.39 is 22.0 Å². The molecule has 112 valence electrons. The van der Waals surface area contributed by atoms with Crippen LogP contribution in [0.4, 0.5) is 0 Å². The van der Waals surface area contributed by atoms with Crippen LogP contribution in [0.3, 0.4) is 0 Å². The largest absolute Gasteiger partial charge is 0.477 e. The van der Waals surface area contributed by atoms with Gasteiger partial charge < -0.3 is 5.11 Å². The predicted octanol–water partition coefficient (Wildman–Crippen LogP) is 2.64. The zero-order valence-electron chi connectivity index (χ0n) is 10.8. The quantitative estimate of drug-likeness (QED) is 0.817. The molecule has 0 aliphatic carbocycles. The summed E-state index contributed by atoms with van der Waals surface area (Å²) < 4.78 is 27.4. The highest BCUT2D eigenvalue weighted by molar-refractivity contribution is 9.11. The molecule has 9 heteroatoms. The second kappa shape index (κ2) is 6.22. The van der Waals surface area contributed by atoms with Crippen LogP contribution in [0.15, 0.2) is 39.3 Å². The number of thiophene rings is 1. The molecule has 2 aromatic rings. The Kier molecular flexibility index (Phi) is 4.77. The number of carbonyl (C=O) groups is 1. The van der Waals surface area contributed by atoms with Crippen molar-refractivity contribution in [2.75, 3.05) is 0 Å². The van der Waals surface area contributed by atoms with E-state index in [9.17, 15) is 13.2 Å². The van der Waals surface area contributed by atoms with E-state index in [1.54, 1.807) is 31.5 Å². The van der Waals surface area contributed by atoms with Gasteiger partial charge >= 0.3 is 5.97 Å². The molecule has 2 heterocycles. The number of rotatable bonds is 5. The maximum absolute atomic E-state index is 12.3. The number of sulfonamides is 1. The van der Waals surface area contributed by atoms with Gasteiger partial charge in [0.2, 0.25) is 10.0 Å². The summed E-state index contributed by atoms with van der Waals surface area (Å²) in [5.41, 5.74) is 0.762. The highest BCUT2D eigenvalue weighted by Crippen LogP contribution is 2.32. The Balaban J connectivity index is 2.29. The lowest BCUT2D eigenvalue weighted by atomic mass is 10.1. The van der Waals surface area contributed by atoms with E-state index in [2.05, 4.69) is 25.6 Å². The number of aromatic carboxylic acids is 1. The van der Waals surface area contributed by atoms with E-state index in [1.165, 1.54) is 0 Å². The summed E-state index contributed by atoms with van der Waals surface area (Å²) in [4.78, 5) is 14.7. The van der Waals surface area contributed by atoms with Crippen molar-refractivity contribution in [2.24, 2.45) is 0 Å². The maximum atomic E-state index is 12.3. The van der Waals surface area contributed by atoms with Crippen molar-refractivity contribution in [3.05, 3.63) is 44.8 Å². The van der Waals surface area contributed by atoms with E-state index in [0.29, 0.717) is 0 Å². The van der Waals surface area contributed by atoms with Crippen LogP contribution in [0, 0.1) is 0 Å². The molecule has 0 amide bonds. The first-order chi connectivity index (χ1) is 9.81. The molecule has 2 rings (SSSR count). The molecule has 0 fully saturated rings. The first-order valence-corrected chi connectivity index (χ1v) is 8.85. The van der Waals surface area contributed by atoms with E-state index in [1.807, 2.05) is 0 Å². The number of nitrogens with zero attached hydrogens (tertiary/aromatic N) is 1. The molecule has 0 saturated heterocycles. The molecule has 0 spiro atoms. The number of aromatic nitrogens is 1. The molecule has 1 unspecified atom stereocenters. The van der Waals surface area contributed by atoms with Gasteiger partial charge in [-0.3, -0.25) is 4.98 Å². The van der Waals surface area contributed by atoms with Gasteiger partial charge in [0.25, 0.3) is 0 Å². The summed E-state index contributed by atoms with van der Waals surface area (Å²) in [5, 5.41) is 8.92. The van der Waals surface area contributed by atoms with Crippen molar-refractivity contribution in [1.82, 2.24) is 9.71 Å². The fourth-order valence-corrected chi connectivity index (χ4v) is 5.29. The van der Waals surface area contributed by atoms with Crippen LogP contribution in [0.25, 0.3) is 0 Å². The number of pyridine rings is 1. The van der Waals surface area contributed by atoms with Gasteiger partial charge in [0.05, 0.1) is 3.79 Å². The van der Waals surface area contributed by atoms with Gasteiger partial charge in [-0.2, -0.15) is 0 Å². The van der Waals surface area contributed by atoms with Crippen molar-refractivity contribution >= 4 is 43.3 Å². The zero-order chi connectivity index (χ0) is 15.6. The second-order valence-electron chi connectivity index (χ2n) is 4.18. The van der Waals surface area contributed by atoms with Crippen LogP contribution in [0.5, 0.6) is 0 Å². The topological polar surface area (TPSA) is 96.4 Å². The van der Waals surface area contributed by atoms with E-state index in [-0.39, 0.29) is 13.6 Å². The summed E-state index contributed by atoms with van der Waals surface area (Å²) in [7, 11) is -3.82. The Morgan fingerprint density at radius 3 is 2.57 bits per heavy atom. The lowest BCUT2D eigenvalue weighted by Crippen LogP contribution is -2.26. The highest BCUT2D eigenvalue weighted by Gasteiger charge is 2.25. The lowest BCUT2D eigenvalue weighted by Gasteiger charge is -2.13. The predicted molar refractivity (Wildman–Crippen MR) is 82.0 cm³/mol. The average Bonchev–Trinajstić information content (AvgIpc) is 2.82. The molecule has 0 aromatic carbocycles. The van der Waals surface area contributed by atoms with Crippen molar-refractivity contribution in [3.8, 4) is 0 Å². The molecule has 2 aromatic heterocycles. The Hall–Kier alpha value is -1.29. The van der Waals surface area contributed by atoms with Crippen LogP contribution in [0.1, 0.15) is 28.2 Å². The van der Waals surface area contributed by atoms with Crippen LogP contribution in [-0.2, 0) is 10.0 Å². The van der Waals surface area contributed by atoms with Gasteiger partial charge in [-0.15, -0.1) is 11.3 Å². The lowest BCUT2D eigenvalue weighted by molar-refractivity contribution is 0.0702. The normalized spacial score (nSPS) is 13.0. The summed E-state index contributed by atoms with van der Waals surface area (Å²) in [6.07, 6.45) is 3.15. The molecular weight excluding hydrogens is 380 g/mol. The molecule has 2 N–H and O–H groups in total. The van der Waals surface area contributed by atoms with Gasteiger partial charge in [0.1, 0.15) is 9.77 Å². The number of hydrogen-bond acceptors (Lipinski definition) is 5. The minimum atomic E-state index is -3.82. The molecule has 1 atom stereocenters. The first kappa shape index (κ1) is 16.1. The summed E-state index contributed by atoms with van der Waals surface area (Å²) >= 11 is 3.95. The van der Waals surface area contributed by atoms with Gasteiger partial charge in [0.15, 0.2) is 0 Å². The number of nitrogens with one attached hydrogen (secondary N) is 1.